The molecule has 4 aromatic carbocycles. The van der Waals surface area contributed by atoms with E-state index in [1.165, 1.54) is 23.0 Å². The van der Waals surface area contributed by atoms with Crippen LogP contribution in [0.15, 0.2) is 97.2 Å². The number of hydrogen-bond donors (Lipinski definition) is 2. The lowest BCUT2D eigenvalue weighted by Crippen LogP contribution is -2.43. The molecule has 5 aromatic rings. The van der Waals surface area contributed by atoms with Crippen molar-refractivity contribution in [2.24, 2.45) is 5.73 Å². The molecule has 6 rings (SSSR count). The van der Waals surface area contributed by atoms with Crippen LogP contribution in [-0.2, 0) is 11.2 Å². The number of fused-ring (bicyclic) bond motifs is 2. The van der Waals surface area contributed by atoms with E-state index in [1.807, 2.05) is 48.5 Å². The van der Waals surface area contributed by atoms with E-state index >= 15 is 0 Å². The quantitative estimate of drug-likeness (QED) is 0.225. The van der Waals surface area contributed by atoms with Crippen LogP contribution in [-0.4, -0.2) is 59.4 Å². The number of likely N-dealkylation sites (tertiary alicyclic amines) is 1. The Labute approximate surface area is 264 Å². The first kappa shape index (κ1) is 30.6. The number of nitrogens with one attached hydrogen (secondary N) is 1. The number of nitriles is 1. The lowest BCUT2D eigenvalue weighted by atomic mass is 10.0. The Morgan fingerprint density at radius 2 is 1.78 bits per heavy atom. The molecule has 1 aliphatic heterocycles. The molecule has 0 bridgehead atoms. The van der Waals surface area contributed by atoms with E-state index < -0.39 is 43.3 Å². The first-order valence-electron chi connectivity index (χ1n) is 14.9. The molecule has 1 aliphatic rings. The van der Waals surface area contributed by atoms with Gasteiger partial charge in [-0.25, -0.2) is 8.78 Å². The molecule has 232 valence electrons. The summed E-state index contributed by atoms with van der Waals surface area (Å²) < 4.78 is 33.5. The molecule has 8 nitrogen and oxygen atoms in total. The molecule has 3 N–H and O–H groups in total. The number of carbonyl (C=O) groups excluding carboxylic acids is 2. The summed E-state index contributed by atoms with van der Waals surface area (Å²) in [5.41, 5.74) is 10.1. The summed E-state index contributed by atoms with van der Waals surface area (Å²) in [5, 5.41) is 14.6. The summed E-state index contributed by atoms with van der Waals surface area (Å²) in [5.74, 6) is -3.75. The van der Waals surface area contributed by atoms with Crippen LogP contribution in [0, 0.1) is 11.3 Å². The minimum Gasteiger partial charge on any atom is -0.492 e. The van der Waals surface area contributed by atoms with Crippen LogP contribution in [0.25, 0.3) is 32.8 Å². The Bertz CT molecular complexity index is 1960. The van der Waals surface area contributed by atoms with Crippen molar-refractivity contribution in [3.8, 4) is 22.9 Å². The van der Waals surface area contributed by atoms with Gasteiger partial charge in [-0.1, -0.05) is 60.7 Å². The number of benzene rings is 4. The van der Waals surface area contributed by atoms with E-state index in [9.17, 15) is 18.4 Å². The Morgan fingerprint density at radius 1 is 1.02 bits per heavy atom. The molecule has 2 atom stereocenters. The van der Waals surface area contributed by atoms with Gasteiger partial charge in [-0.3, -0.25) is 14.6 Å². The molecule has 0 aliphatic carbocycles. The van der Waals surface area contributed by atoms with Crippen LogP contribution in [0.2, 0.25) is 0 Å². The normalized spacial score (nSPS) is 16.2. The summed E-state index contributed by atoms with van der Waals surface area (Å²) >= 11 is 0. The van der Waals surface area contributed by atoms with Crippen molar-refractivity contribution in [3.63, 3.8) is 0 Å². The average Bonchev–Trinajstić information content (AvgIpc) is 3.40. The second-order valence-electron chi connectivity index (χ2n) is 11.5. The molecular formula is C36H31F2N5O3. The van der Waals surface area contributed by atoms with E-state index in [0.29, 0.717) is 29.7 Å². The highest BCUT2D eigenvalue weighted by Gasteiger charge is 2.47. The Hall–Kier alpha value is -5.40. The van der Waals surface area contributed by atoms with Crippen molar-refractivity contribution in [2.45, 2.75) is 30.8 Å². The maximum atomic E-state index is 13.8. The van der Waals surface area contributed by atoms with Gasteiger partial charge < -0.3 is 20.7 Å². The van der Waals surface area contributed by atoms with Crippen molar-refractivity contribution >= 4 is 33.5 Å². The fraction of sp³-hybridized carbons (Fsp3) is 0.222. The third-order valence-corrected chi connectivity index (χ3v) is 8.09. The van der Waals surface area contributed by atoms with Crippen LogP contribution < -0.4 is 15.8 Å². The van der Waals surface area contributed by atoms with Gasteiger partial charge in [0.1, 0.15) is 18.4 Å². The molecule has 1 saturated heterocycles. The number of halogens is 2. The Balaban J connectivity index is 1.09. The number of nitrogens with zero attached hydrogens (tertiary/aromatic N) is 3. The second kappa shape index (κ2) is 12.9. The van der Waals surface area contributed by atoms with E-state index in [1.54, 1.807) is 12.1 Å². The van der Waals surface area contributed by atoms with E-state index in [-0.39, 0.29) is 11.6 Å². The standard InChI is InChI=1S/C36H31F2N5O3/c37-36(38)18-29(19-39)43(22-36)34(44)20-42-35(45)31-13-14-41-33-12-9-27(17-32(31)33)25-7-10-30(11-8-25)46-21-28(40)16-23-5-6-24-3-1-2-4-26(24)15-23/h1-15,17,28-29H,16,18,20-22,40H2,(H,42,45). The first-order valence-corrected chi connectivity index (χ1v) is 14.9. The zero-order valence-electron chi connectivity index (χ0n) is 24.8. The number of hydrogen-bond acceptors (Lipinski definition) is 6. The second-order valence-corrected chi connectivity index (χ2v) is 11.5. The number of amides is 2. The van der Waals surface area contributed by atoms with Gasteiger partial charge in [0, 0.05) is 24.0 Å². The Kier molecular flexibility index (Phi) is 8.59. The van der Waals surface area contributed by atoms with Gasteiger partial charge in [-0.15, -0.1) is 0 Å². The predicted octanol–water partition coefficient (Wildman–Crippen LogP) is 5.49. The molecule has 0 radical (unpaired) electrons. The van der Waals surface area contributed by atoms with E-state index in [2.05, 4.69) is 40.6 Å². The van der Waals surface area contributed by atoms with Crippen LogP contribution in [0.4, 0.5) is 8.78 Å². The number of nitrogens with two attached hydrogens (primary N) is 1. The number of aromatic nitrogens is 1. The van der Waals surface area contributed by atoms with Gasteiger partial charge in [0.25, 0.3) is 11.8 Å². The average molecular weight is 620 g/mol. The van der Waals surface area contributed by atoms with Crippen molar-refractivity contribution in [1.29, 1.82) is 5.26 Å². The monoisotopic (exact) mass is 619 g/mol. The van der Waals surface area contributed by atoms with Crippen LogP contribution >= 0.6 is 0 Å². The Morgan fingerprint density at radius 3 is 2.57 bits per heavy atom. The maximum absolute atomic E-state index is 13.8. The minimum absolute atomic E-state index is 0.183. The van der Waals surface area contributed by atoms with Crippen molar-refractivity contribution < 1.29 is 23.1 Å². The predicted molar refractivity (Wildman–Crippen MR) is 171 cm³/mol. The summed E-state index contributed by atoms with van der Waals surface area (Å²) in [6.45, 7) is -1.00. The highest BCUT2D eigenvalue weighted by atomic mass is 19.3. The largest absolute Gasteiger partial charge is 0.492 e. The molecule has 0 spiro atoms. The molecule has 2 heterocycles. The highest BCUT2D eigenvalue weighted by molar-refractivity contribution is 6.07. The van der Waals surface area contributed by atoms with Gasteiger partial charge in [-0.05, 0) is 64.2 Å². The zero-order chi connectivity index (χ0) is 32.3. The van der Waals surface area contributed by atoms with Crippen LogP contribution in [0.5, 0.6) is 5.75 Å². The summed E-state index contributed by atoms with van der Waals surface area (Å²) in [6, 6.07) is 29.5. The minimum atomic E-state index is -3.13. The summed E-state index contributed by atoms with van der Waals surface area (Å²) in [6.07, 6.45) is 1.46. The molecule has 2 unspecified atom stereocenters. The van der Waals surface area contributed by atoms with E-state index in [0.717, 1.165) is 21.6 Å². The molecular weight excluding hydrogens is 588 g/mol. The van der Waals surface area contributed by atoms with Gasteiger partial charge in [0.15, 0.2) is 0 Å². The zero-order valence-corrected chi connectivity index (χ0v) is 24.8. The molecule has 2 amide bonds. The fourth-order valence-electron chi connectivity index (χ4n) is 5.75. The lowest BCUT2D eigenvalue weighted by molar-refractivity contribution is -0.131. The number of alkyl halides is 2. The molecule has 0 saturated carbocycles. The summed E-state index contributed by atoms with van der Waals surface area (Å²) in [4.78, 5) is 30.8. The van der Waals surface area contributed by atoms with Crippen molar-refractivity contribution in [2.75, 3.05) is 19.7 Å². The molecule has 1 aromatic heterocycles. The SMILES string of the molecule is N#CC1CC(F)(F)CN1C(=O)CNC(=O)c1ccnc2ccc(-c3ccc(OCC(N)Cc4ccc5ccccc5c4)cc3)cc12. The third kappa shape index (κ3) is 6.80. The smallest absolute Gasteiger partial charge is 0.268 e. The van der Waals surface area contributed by atoms with Crippen LogP contribution in [0.1, 0.15) is 22.3 Å². The number of pyridine rings is 1. The van der Waals surface area contributed by atoms with Crippen LogP contribution in [0.3, 0.4) is 0 Å². The van der Waals surface area contributed by atoms with E-state index in [4.69, 9.17) is 15.7 Å². The molecule has 1 fully saturated rings. The number of carbonyl (C=O) groups is 2. The number of ether oxygens (including phenoxy) is 1. The maximum Gasteiger partial charge on any atom is 0.268 e. The third-order valence-electron chi connectivity index (χ3n) is 8.09. The fourth-order valence-corrected chi connectivity index (χ4v) is 5.75. The molecule has 46 heavy (non-hydrogen) atoms. The van der Waals surface area contributed by atoms with Gasteiger partial charge in [-0.2, -0.15) is 5.26 Å². The molecule has 10 heteroatoms. The lowest BCUT2D eigenvalue weighted by Gasteiger charge is -2.19. The first-order chi connectivity index (χ1) is 22.2. The summed E-state index contributed by atoms with van der Waals surface area (Å²) in [7, 11) is 0. The van der Waals surface area contributed by atoms with Crippen molar-refractivity contribution in [3.05, 3.63) is 108 Å². The van der Waals surface area contributed by atoms with Gasteiger partial charge >= 0.3 is 0 Å². The van der Waals surface area contributed by atoms with Gasteiger partial charge in [0.05, 0.1) is 30.2 Å². The van der Waals surface area contributed by atoms with Crippen molar-refractivity contribution in [1.82, 2.24) is 15.2 Å². The topological polar surface area (TPSA) is 121 Å². The van der Waals surface area contributed by atoms with Gasteiger partial charge in [0.2, 0.25) is 5.91 Å². The number of rotatable bonds is 9. The highest BCUT2D eigenvalue weighted by Crippen LogP contribution is 2.32.